The van der Waals surface area contributed by atoms with Crippen LogP contribution in [0.5, 0.6) is 5.75 Å². The van der Waals surface area contributed by atoms with Gasteiger partial charge in [-0.1, -0.05) is 37.3 Å². The van der Waals surface area contributed by atoms with E-state index >= 15 is 0 Å². The maximum absolute atomic E-state index is 10.7. The number of carboxylic acids is 1. The molecule has 6 atom stereocenters. The van der Waals surface area contributed by atoms with Crippen LogP contribution in [0.3, 0.4) is 0 Å². The van der Waals surface area contributed by atoms with Gasteiger partial charge in [-0.05, 0) is 37.7 Å². The van der Waals surface area contributed by atoms with Crippen molar-refractivity contribution in [3.05, 3.63) is 41.5 Å². The fourth-order valence-electron chi connectivity index (χ4n) is 4.40. The number of para-hydroxylation sites is 1. The number of fused-ring (bicyclic) bond motifs is 3. The molecule has 0 spiro atoms. The van der Waals surface area contributed by atoms with E-state index in [2.05, 4.69) is 11.8 Å². The molecule has 2 unspecified atom stereocenters. The van der Waals surface area contributed by atoms with Crippen LogP contribution in [-0.2, 0) is 11.2 Å². The third-order valence-corrected chi connectivity index (χ3v) is 6.03. The number of hydrogen-bond donors (Lipinski definition) is 2. The van der Waals surface area contributed by atoms with Crippen molar-refractivity contribution in [1.29, 1.82) is 0 Å². The van der Waals surface area contributed by atoms with Gasteiger partial charge in [0.05, 0.1) is 12.2 Å². The summed E-state index contributed by atoms with van der Waals surface area (Å²) in [4.78, 5) is 10.7. The number of benzene rings is 1. The van der Waals surface area contributed by atoms with Crippen LogP contribution in [0.2, 0.25) is 0 Å². The van der Waals surface area contributed by atoms with Crippen LogP contribution in [0, 0.1) is 23.7 Å². The zero-order chi connectivity index (χ0) is 21.0. The van der Waals surface area contributed by atoms with Gasteiger partial charge in [0.1, 0.15) is 11.9 Å². The monoisotopic (exact) mass is 420 g/mol. The van der Waals surface area contributed by atoms with Crippen LogP contribution in [0.4, 0.5) is 0 Å². The summed E-state index contributed by atoms with van der Waals surface area (Å²) in [5.74, 6) is 5.56. The van der Waals surface area contributed by atoms with Crippen molar-refractivity contribution in [3.8, 4) is 17.6 Å². The number of aliphatic carboxylic acids is 1. The smallest absolute Gasteiger partial charge is 0.550 e. The zero-order valence-electron chi connectivity index (χ0n) is 18.0. The Hall–Kier alpha value is -1.29. The second-order valence-electron chi connectivity index (χ2n) is 8.11. The first-order valence-electron chi connectivity index (χ1n) is 10.3. The molecule has 0 bridgehead atoms. The van der Waals surface area contributed by atoms with Gasteiger partial charge >= 0.3 is 29.6 Å². The van der Waals surface area contributed by atoms with E-state index in [0.29, 0.717) is 25.7 Å². The maximum Gasteiger partial charge on any atom is 1.00 e. The van der Waals surface area contributed by atoms with E-state index in [9.17, 15) is 20.1 Å². The number of carbonyl (C=O) groups is 1. The van der Waals surface area contributed by atoms with E-state index in [4.69, 9.17) is 4.74 Å². The summed E-state index contributed by atoms with van der Waals surface area (Å²) in [7, 11) is 0. The largest absolute Gasteiger partial charge is 1.00 e. The quantitative estimate of drug-likeness (QED) is 0.319. The van der Waals surface area contributed by atoms with Crippen molar-refractivity contribution >= 4 is 5.97 Å². The van der Waals surface area contributed by atoms with Gasteiger partial charge in [0.15, 0.2) is 0 Å². The number of aliphatic hydroxyl groups is 2. The summed E-state index contributed by atoms with van der Waals surface area (Å²) < 4.78 is 6.19. The van der Waals surface area contributed by atoms with Crippen LogP contribution in [0.15, 0.2) is 30.4 Å². The van der Waals surface area contributed by atoms with Crippen molar-refractivity contribution in [2.75, 3.05) is 0 Å². The average molecular weight is 420 g/mol. The summed E-state index contributed by atoms with van der Waals surface area (Å²) in [6.45, 7) is 3.74. The first kappa shape index (κ1) is 25.0. The Balaban J connectivity index is 0.00000320. The molecule has 30 heavy (non-hydrogen) atoms. The van der Waals surface area contributed by atoms with Crippen molar-refractivity contribution in [1.82, 2.24) is 0 Å². The van der Waals surface area contributed by atoms with E-state index in [1.165, 1.54) is 0 Å². The molecular formula is C24H29NaO5. The van der Waals surface area contributed by atoms with Gasteiger partial charge in [0, 0.05) is 36.2 Å². The van der Waals surface area contributed by atoms with E-state index in [-0.39, 0.29) is 59.8 Å². The summed E-state index contributed by atoms with van der Waals surface area (Å²) in [6, 6.07) is 5.96. The van der Waals surface area contributed by atoms with Crippen LogP contribution in [0.25, 0.3) is 0 Å². The van der Waals surface area contributed by atoms with Crippen LogP contribution < -0.4 is 39.4 Å². The van der Waals surface area contributed by atoms with E-state index < -0.39 is 18.2 Å². The normalized spacial score (nSPS) is 26.0. The van der Waals surface area contributed by atoms with Crippen LogP contribution in [-0.4, -0.2) is 34.5 Å². The van der Waals surface area contributed by atoms with Gasteiger partial charge in [0.2, 0.25) is 0 Å². The minimum Gasteiger partial charge on any atom is -0.550 e. The number of aryl methyl sites for hydroxylation is 1. The summed E-state index contributed by atoms with van der Waals surface area (Å²) in [5.41, 5.74) is 2.06. The fourth-order valence-corrected chi connectivity index (χ4v) is 4.40. The molecule has 1 fully saturated rings. The Labute approximate surface area is 200 Å². The minimum absolute atomic E-state index is 0. The Morgan fingerprint density at radius 1 is 1.43 bits per heavy atom. The van der Waals surface area contributed by atoms with E-state index in [0.717, 1.165) is 16.9 Å². The molecule has 2 aliphatic rings. The number of hydrogen-bond acceptors (Lipinski definition) is 5. The first-order valence-corrected chi connectivity index (χ1v) is 10.3. The van der Waals surface area contributed by atoms with Gasteiger partial charge in [-0.15, -0.1) is 11.8 Å². The molecule has 1 saturated carbocycles. The molecule has 1 aromatic carbocycles. The van der Waals surface area contributed by atoms with Gasteiger partial charge in [-0.3, -0.25) is 0 Å². The molecule has 1 aromatic rings. The van der Waals surface area contributed by atoms with Gasteiger partial charge < -0.3 is 24.9 Å². The Morgan fingerprint density at radius 3 is 2.90 bits per heavy atom. The minimum atomic E-state index is -1.04. The summed E-state index contributed by atoms with van der Waals surface area (Å²) in [5, 5.41) is 31.7. The fraction of sp³-hybridized carbons (Fsp3) is 0.542. The second kappa shape index (κ2) is 11.4. The first-order chi connectivity index (χ1) is 13.9. The molecule has 0 saturated heterocycles. The molecule has 156 valence electrons. The average Bonchev–Trinajstić information content (AvgIpc) is 3.19. The Kier molecular flexibility index (Phi) is 9.46. The van der Waals surface area contributed by atoms with Gasteiger partial charge in [-0.25, -0.2) is 0 Å². The number of aliphatic hydroxyl groups excluding tert-OH is 2. The third-order valence-electron chi connectivity index (χ3n) is 6.03. The standard InChI is InChI=1S/C24H30O5.Na/c1-3-4-7-15(2)19(25)13-12-17-20(26)14-21-23(17)18-10-5-8-16(24(18)29-21)9-6-11-22(27)28;/h5,8,10,12-13,15,17,19-21,23,25-26H,6-7,9,11,14H2,1-2H3,(H,27,28);/q;+1/p-1/b13-12+;/t15?,17-,19+,20+,21-,23?;/m0./s1. The molecule has 1 aliphatic carbocycles. The summed E-state index contributed by atoms with van der Waals surface area (Å²) in [6.07, 6.45) is 4.80. The van der Waals surface area contributed by atoms with Crippen molar-refractivity contribution in [2.24, 2.45) is 11.8 Å². The molecule has 0 radical (unpaired) electrons. The van der Waals surface area contributed by atoms with Crippen molar-refractivity contribution in [3.63, 3.8) is 0 Å². The molecular weight excluding hydrogens is 391 g/mol. The number of carbonyl (C=O) groups excluding carboxylic acids is 1. The zero-order valence-corrected chi connectivity index (χ0v) is 20.0. The predicted molar refractivity (Wildman–Crippen MR) is 108 cm³/mol. The van der Waals surface area contributed by atoms with Crippen molar-refractivity contribution in [2.45, 2.75) is 70.2 Å². The molecule has 1 heterocycles. The second-order valence-corrected chi connectivity index (χ2v) is 8.11. The maximum atomic E-state index is 10.7. The number of rotatable bonds is 8. The molecule has 2 N–H and O–H groups in total. The van der Waals surface area contributed by atoms with E-state index in [1.54, 1.807) is 13.0 Å². The van der Waals surface area contributed by atoms with Crippen LogP contribution in [0.1, 0.15) is 56.6 Å². The molecule has 3 rings (SSSR count). The molecule has 5 nitrogen and oxygen atoms in total. The molecule has 0 amide bonds. The van der Waals surface area contributed by atoms with Crippen LogP contribution >= 0.6 is 0 Å². The SMILES string of the molecule is CC#CCC(C)[C@H](O)/C=C/[C@@H]1C2c3cccc(CCCC(=O)[O-])c3O[C@H]2C[C@H]1O.[Na+]. The molecule has 6 heteroatoms. The van der Waals surface area contributed by atoms with Crippen molar-refractivity contribution < 1.29 is 54.4 Å². The number of carboxylic acid groups (broad SMARTS) is 1. The Morgan fingerprint density at radius 2 is 2.20 bits per heavy atom. The number of ether oxygens (including phenoxy) is 1. The topological polar surface area (TPSA) is 89.8 Å². The predicted octanol–water partition coefficient (Wildman–Crippen LogP) is -1.04. The Bertz CT molecular complexity index is 825. The van der Waals surface area contributed by atoms with E-state index in [1.807, 2.05) is 31.2 Å². The molecule has 1 aliphatic heterocycles. The molecule has 0 aromatic heterocycles. The van der Waals surface area contributed by atoms with Gasteiger partial charge in [0.25, 0.3) is 0 Å². The summed E-state index contributed by atoms with van der Waals surface area (Å²) >= 11 is 0. The van der Waals surface area contributed by atoms with Gasteiger partial charge in [-0.2, -0.15) is 0 Å². The third kappa shape index (κ3) is 5.69.